The van der Waals surface area contributed by atoms with Gasteiger partial charge in [-0.05, 0) is 25.5 Å². The second-order valence-corrected chi connectivity index (χ2v) is 4.23. The predicted molar refractivity (Wildman–Crippen MR) is 68.3 cm³/mol. The number of rotatable bonds is 6. The largest absolute Gasteiger partial charge is 0.347 e. The Morgan fingerprint density at radius 2 is 2.29 bits per heavy atom. The summed E-state index contributed by atoms with van der Waals surface area (Å²) in [7, 11) is 0. The molecule has 0 unspecified atom stereocenters. The van der Waals surface area contributed by atoms with Crippen LogP contribution in [0.4, 0.5) is 0 Å². The monoisotopic (exact) mass is 235 g/mol. The first kappa shape index (κ1) is 13.6. The molecule has 4 nitrogen and oxygen atoms in total. The van der Waals surface area contributed by atoms with E-state index in [0.29, 0.717) is 0 Å². The van der Waals surface area contributed by atoms with E-state index in [1.165, 1.54) is 0 Å². The van der Waals surface area contributed by atoms with Gasteiger partial charge >= 0.3 is 0 Å². The van der Waals surface area contributed by atoms with Gasteiger partial charge in [0, 0.05) is 6.20 Å². The van der Waals surface area contributed by atoms with Crippen molar-refractivity contribution < 1.29 is 4.79 Å². The van der Waals surface area contributed by atoms with Crippen LogP contribution in [0.3, 0.4) is 0 Å². The second-order valence-electron chi connectivity index (χ2n) is 4.23. The molecule has 1 heterocycles. The van der Waals surface area contributed by atoms with E-state index >= 15 is 0 Å². The minimum Gasteiger partial charge on any atom is -0.347 e. The fourth-order valence-electron chi connectivity index (χ4n) is 1.58. The van der Waals surface area contributed by atoms with Crippen LogP contribution in [0, 0.1) is 0 Å². The Labute approximate surface area is 103 Å². The molecule has 0 bridgehead atoms. The summed E-state index contributed by atoms with van der Waals surface area (Å²) < 4.78 is 0. The van der Waals surface area contributed by atoms with Gasteiger partial charge in [-0.3, -0.25) is 9.78 Å². The van der Waals surface area contributed by atoms with Gasteiger partial charge < -0.3 is 11.1 Å². The number of pyridine rings is 1. The van der Waals surface area contributed by atoms with Crippen molar-refractivity contribution in [1.82, 2.24) is 10.3 Å². The Morgan fingerprint density at radius 3 is 2.88 bits per heavy atom. The molecule has 1 amide bonds. The van der Waals surface area contributed by atoms with Gasteiger partial charge in [0.05, 0.1) is 17.8 Å². The maximum absolute atomic E-state index is 11.8. The number of aromatic nitrogens is 1. The van der Waals surface area contributed by atoms with Crippen molar-refractivity contribution in [2.45, 2.75) is 45.2 Å². The van der Waals surface area contributed by atoms with E-state index in [4.69, 9.17) is 5.73 Å². The Hall–Kier alpha value is -1.42. The smallest absolute Gasteiger partial charge is 0.237 e. The summed E-state index contributed by atoms with van der Waals surface area (Å²) in [4.78, 5) is 16.0. The molecule has 0 saturated carbocycles. The number of amides is 1. The van der Waals surface area contributed by atoms with Gasteiger partial charge in [-0.1, -0.05) is 25.8 Å². The highest BCUT2D eigenvalue weighted by Crippen LogP contribution is 2.08. The zero-order valence-corrected chi connectivity index (χ0v) is 10.5. The molecule has 0 aliphatic rings. The Bertz CT molecular complexity index is 340. The number of nitrogens with one attached hydrogen (secondary N) is 1. The highest BCUT2D eigenvalue weighted by atomic mass is 16.2. The van der Waals surface area contributed by atoms with Crippen LogP contribution in [0.1, 0.15) is 44.8 Å². The van der Waals surface area contributed by atoms with E-state index in [2.05, 4.69) is 17.2 Å². The Kier molecular flexibility index (Phi) is 5.63. The van der Waals surface area contributed by atoms with Gasteiger partial charge in [0.2, 0.25) is 5.91 Å². The molecule has 0 saturated heterocycles. The topological polar surface area (TPSA) is 68.0 Å². The zero-order chi connectivity index (χ0) is 12.7. The zero-order valence-electron chi connectivity index (χ0n) is 10.5. The molecule has 0 aliphatic heterocycles. The van der Waals surface area contributed by atoms with Gasteiger partial charge in [-0.25, -0.2) is 0 Å². The minimum atomic E-state index is -0.416. The average molecular weight is 235 g/mol. The van der Waals surface area contributed by atoms with Crippen LogP contribution in [-0.4, -0.2) is 16.9 Å². The number of nitrogens with zero attached hydrogens (tertiary/aromatic N) is 1. The molecule has 0 fully saturated rings. The lowest BCUT2D eigenvalue weighted by Gasteiger charge is -2.16. The molecule has 17 heavy (non-hydrogen) atoms. The third-order valence-electron chi connectivity index (χ3n) is 2.70. The normalized spacial score (nSPS) is 14.1. The van der Waals surface area contributed by atoms with Crippen molar-refractivity contribution in [2.24, 2.45) is 5.73 Å². The fourth-order valence-corrected chi connectivity index (χ4v) is 1.58. The van der Waals surface area contributed by atoms with Crippen molar-refractivity contribution in [3.63, 3.8) is 0 Å². The number of carbonyl (C=O) groups excluding carboxylic acids is 1. The first-order valence-corrected chi connectivity index (χ1v) is 6.12. The summed E-state index contributed by atoms with van der Waals surface area (Å²) in [5, 5.41) is 2.88. The highest BCUT2D eigenvalue weighted by Gasteiger charge is 2.16. The van der Waals surface area contributed by atoms with E-state index in [0.717, 1.165) is 25.0 Å². The maximum Gasteiger partial charge on any atom is 0.237 e. The molecular formula is C13H21N3O. The van der Waals surface area contributed by atoms with Crippen LogP contribution in [0.2, 0.25) is 0 Å². The summed E-state index contributed by atoms with van der Waals surface area (Å²) in [5.41, 5.74) is 6.65. The number of hydrogen-bond acceptors (Lipinski definition) is 3. The minimum absolute atomic E-state index is 0.100. The van der Waals surface area contributed by atoms with Crippen LogP contribution in [0.15, 0.2) is 24.4 Å². The lowest BCUT2D eigenvalue weighted by atomic mass is 10.1. The number of unbranched alkanes of at least 4 members (excludes halogenated alkanes) is 1. The molecule has 0 radical (unpaired) electrons. The molecule has 94 valence electrons. The lowest BCUT2D eigenvalue weighted by Crippen LogP contribution is -2.41. The highest BCUT2D eigenvalue weighted by molar-refractivity contribution is 5.81. The third kappa shape index (κ3) is 4.53. The molecule has 1 aromatic rings. The molecule has 1 rings (SSSR count). The summed E-state index contributed by atoms with van der Waals surface area (Å²) in [6.45, 7) is 3.99. The number of hydrogen-bond donors (Lipinski definition) is 2. The van der Waals surface area contributed by atoms with E-state index in [1.807, 2.05) is 25.1 Å². The van der Waals surface area contributed by atoms with Crippen LogP contribution in [-0.2, 0) is 4.79 Å². The molecular weight excluding hydrogens is 214 g/mol. The predicted octanol–water partition coefficient (Wildman–Crippen LogP) is 1.78. The SMILES string of the molecule is CCCC[C@H](N)C(=O)N[C@H](C)c1ccccn1. The van der Waals surface area contributed by atoms with Gasteiger partial charge in [-0.2, -0.15) is 0 Å². The first-order valence-electron chi connectivity index (χ1n) is 6.12. The first-order chi connectivity index (χ1) is 8.15. The molecule has 1 aromatic heterocycles. The van der Waals surface area contributed by atoms with Crippen molar-refractivity contribution in [3.8, 4) is 0 Å². The van der Waals surface area contributed by atoms with Crippen molar-refractivity contribution in [3.05, 3.63) is 30.1 Å². The van der Waals surface area contributed by atoms with Crippen LogP contribution in [0.5, 0.6) is 0 Å². The fraction of sp³-hybridized carbons (Fsp3) is 0.538. The summed E-state index contributed by atoms with van der Waals surface area (Å²) in [5.74, 6) is -0.100. The summed E-state index contributed by atoms with van der Waals surface area (Å²) in [6.07, 6.45) is 4.48. The molecule has 0 spiro atoms. The van der Waals surface area contributed by atoms with Gasteiger partial charge in [0.25, 0.3) is 0 Å². The summed E-state index contributed by atoms with van der Waals surface area (Å²) >= 11 is 0. The van der Waals surface area contributed by atoms with E-state index in [9.17, 15) is 4.79 Å². The van der Waals surface area contributed by atoms with E-state index in [1.54, 1.807) is 6.20 Å². The lowest BCUT2D eigenvalue weighted by molar-refractivity contribution is -0.123. The van der Waals surface area contributed by atoms with Crippen LogP contribution >= 0.6 is 0 Å². The van der Waals surface area contributed by atoms with Crippen LogP contribution < -0.4 is 11.1 Å². The number of carbonyl (C=O) groups is 1. The van der Waals surface area contributed by atoms with Crippen molar-refractivity contribution in [1.29, 1.82) is 0 Å². The molecule has 0 aliphatic carbocycles. The Balaban J connectivity index is 2.46. The number of nitrogens with two attached hydrogens (primary N) is 1. The second kappa shape index (κ2) is 7.01. The molecule has 3 N–H and O–H groups in total. The quantitative estimate of drug-likeness (QED) is 0.789. The third-order valence-corrected chi connectivity index (χ3v) is 2.70. The van der Waals surface area contributed by atoms with E-state index in [-0.39, 0.29) is 11.9 Å². The molecule has 4 heteroatoms. The molecule has 0 aromatic carbocycles. The van der Waals surface area contributed by atoms with Gasteiger partial charge in [0.1, 0.15) is 0 Å². The van der Waals surface area contributed by atoms with Crippen molar-refractivity contribution >= 4 is 5.91 Å². The maximum atomic E-state index is 11.8. The van der Waals surface area contributed by atoms with Gasteiger partial charge in [0.15, 0.2) is 0 Å². The van der Waals surface area contributed by atoms with Crippen LogP contribution in [0.25, 0.3) is 0 Å². The summed E-state index contributed by atoms with van der Waals surface area (Å²) in [6, 6.07) is 5.13. The average Bonchev–Trinajstić information content (AvgIpc) is 2.36. The van der Waals surface area contributed by atoms with Crippen molar-refractivity contribution in [2.75, 3.05) is 0 Å². The molecule has 2 atom stereocenters. The van der Waals surface area contributed by atoms with Gasteiger partial charge in [-0.15, -0.1) is 0 Å². The standard InChI is InChI=1S/C13H21N3O/c1-3-4-7-11(14)13(17)16-10(2)12-8-5-6-9-15-12/h5-6,8-11H,3-4,7,14H2,1-2H3,(H,16,17)/t10-,11+/m1/s1. The van der Waals surface area contributed by atoms with E-state index < -0.39 is 6.04 Å². The Morgan fingerprint density at radius 1 is 1.53 bits per heavy atom.